The van der Waals surface area contributed by atoms with Crippen molar-refractivity contribution in [3.63, 3.8) is 0 Å². The minimum Gasteiger partial charge on any atom is -0.442 e. The van der Waals surface area contributed by atoms with E-state index < -0.39 is 6.16 Å². The Bertz CT molecular complexity index is 830. The largest absolute Gasteiger partial charge is 0.508 e. The molecule has 27 heavy (non-hydrogen) atoms. The number of fused-ring (bicyclic) bond motifs is 3. The second kappa shape index (κ2) is 8.02. The summed E-state index contributed by atoms with van der Waals surface area (Å²) in [6.07, 6.45) is 5.09. The van der Waals surface area contributed by atoms with Crippen LogP contribution in [-0.2, 0) is 28.9 Å². The van der Waals surface area contributed by atoms with Crippen molar-refractivity contribution >= 4 is 28.9 Å². The number of halogens is 1. The van der Waals surface area contributed by atoms with Gasteiger partial charge in [0.2, 0.25) is 5.71 Å². The summed E-state index contributed by atoms with van der Waals surface area (Å²) in [5.41, 5.74) is 1.79. The molecule has 1 saturated heterocycles. The molecule has 0 amide bonds. The van der Waals surface area contributed by atoms with Gasteiger partial charge in [-0.25, -0.2) is 9.78 Å². The van der Waals surface area contributed by atoms with Crippen LogP contribution in [0.3, 0.4) is 0 Å². The van der Waals surface area contributed by atoms with Crippen molar-refractivity contribution in [1.82, 2.24) is 14.9 Å². The quantitative estimate of drug-likeness (QED) is 0.575. The maximum Gasteiger partial charge on any atom is 0.508 e. The number of rotatable bonds is 4. The molecule has 0 atom stereocenters. The summed E-state index contributed by atoms with van der Waals surface area (Å²) in [5.74, 6) is 1.69. The number of piperidine rings is 1. The lowest BCUT2D eigenvalue weighted by Gasteiger charge is -2.30. The van der Waals surface area contributed by atoms with Crippen molar-refractivity contribution in [2.75, 3.05) is 19.7 Å². The second-order valence-corrected chi connectivity index (χ2v) is 7.46. The molecule has 0 spiro atoms. The number of hydrogen-bond donors (Lipinski definition) is 0. The molecule has 2 aromatic rings. The van der Waals surface area contributed by atoms with E-state index >= 15 is 0 Å². The third-order valence-electron chi connectivity index (χ3n) is 5.24. The third kappa shape index (κ3) is 4.04. The fourth-order valence-corrected chi connectivity index (χ4v) is 4.19. The summed E-state index contributed by atoms with van der Waals surface area (Å²) in [4.78, 5) is 22.8. The van der Waals surface area contributed by atoms with Crippen LogP contribution in [-0.4, -0.2) is 46.8 Å². The Morgan fingerprint density at radius 2 is 2.04 bits per heavy atom. The van der Waals surface area contributed by atoms with Gasteiger partial charge in [-0.1, -0.05) is 11.6 Å². The van der Waals surface area contributed by atoms with Crippen molar-refractivity contribution in [2.45, 2.75) is 58.1 Å². The van der Waals surface area contributed by atoms with E-state index in [-0.39, 0.29) is 6.10 Å². The van der Waals surface area contributed by atoms with Gasteiger partial charge in [0, 0.05) is 25.1 Å². The topological polar surface area (TPSA) is 77.7 Å². The van der Waals surface area contributed by atoms with E-state index in [1.165, 1.54) is 5.56 Å². The Kier molecular flexibility index (Phi) is 5.50. The molecule has 0 aromatic carbocycles. The normalized spacial score (nSPS) is 18.4. The van der Waals surface area contributed by atoms with E-state index in [9.17, 15) is 4.79 Å². The lowest BCUT2D eigenvalue weighted by atomic mass is 9.97. The molecule has 4 rings (SSSR count). The van der Waals surface area contributed by atoms with Gasteiger partial charge in [0.05, 0.1) is 18.5 Å². The van der Waals surface area contributed by atoms with Crippen molar-refractivity contribution < 1.29 is 18.7 Å². The number of aryl methyl sites for hydroxylation is 2. The molecule has 2 aromatic heterocycles. The van der Waals surface area contributed by atoms with Crippen LogP contribution in [0.25, 0.3) is 11.1 Å². The summed E-state index contributed by atoms with van der Waals surface area (Å²) in [6.45, 7) is 4.30. The Morgan fingerprint density at radius 1 is 1.26 bits per heavy atom. The van der Waals surface area contributed by atoms with Gasteiger partial charge in [0.25, 0.3) is 0 Å². The Balaban J connectivity index is 1.40. The summed E-state index contributed by atoms with van der Waals surface area (Å²) in [5, 5.41) is 1.37. The van der Waals surface area contributed by atoms with Crippen LogP contribution >= 0.6 is 11.6 Å². The SMILES string of the molecule is CCOC(=O)OC1CCN(Cc2nc(Cl)c3c4c(oc3n2)CCCC4)CC1. The predicted molar refractivity (Wildman–Crippen MR) is 99.9 cm³/mol. The minimum absolute atomic E-state index is 0.0934. The Hall–Kier alpha value is -1.86. The van der Waals surface area contributed by atoms with E-state index in [0.29, 0.717) is 29.8 Å². The zero-order chi connectivity index (χ0) is 18.8. The van der Waals surface area contributed by atoms with E-state index in [2.05, 4.69) is 14.9 Å². The van der Waals surface area contributed by atoms with Gasteiger partial charge in [0.15, 0.2) is 0 Å². The van der Waals surface area contributed by atoms with Gasteiger partial charge >= 0.3 is 6.16 Å². The van der Waals surface area contributed by atoms with Gasteiger partial charge < -0.3 is 13.9 Å². The molecule has 3 heterocycles. The van der Waals surface area contributed by atoms with Crippen LogP contribution in [0.5, 0.6) is 0 Å². The lowest BCUT2D eigenvalue weighted by molar-refractivity contribution is 0.000620. The average molecular weight is 394 g/mol. The third-order valence-corrected chi connectivity index (χ3v) is 5.52. The van der Waals surface area contributed by atoms with Crippen LogP contribution in [0.2, 0.25) is 5.15 Å². The molecular weight excluding hydrogens is 370 g/mol. The fraction of sp³-hybridized carbons (Fsp3) is 0.632. The first kappa shape index (κ1) is 18.5. The highest BCUT2D eigenvalue weighted by Gasteiger charge is 2.25. The van der Waals surface area contributed by atoms with Crippen molar-refractivity contribution in [3.8, 4) is 0 Å². The molecule has 146 valence electrons. The zero-order valence-electron chi connectivity index (χ0n) is 15.5. The number of aromatic nitrogens is 2. The summed E-state index contributed by atoms with van der Waals surface area (Å²) in [6, 6.07) is 0. The van der Waals surface area contributed by atoms with E-state index in [1.54, 1.807) is 6.92 Å². The van der Waals surface area contributed by atoms with Crippen molar-refractivity contribution in [1.29, 1.82) is 0 Å². The van der Waals surface area contributed by atoms with Gasteiger partial charge in [-0.2, -0.15) is 4.98 Å². The number of ether oxygens (including phenoxy) is 2. The zero-order valence-corrected chi connectivity index (χ0v) is 16.3. The molecule has 1 aliphatic carbocycles. The molecule has 0 saturated carbocycles. The first-order chi connectivity index (χ1) is 13.1. The van der Waals surface area contributed by atoms with Crippen LogP contribution < -0.4 is 0 Å². The molecular formula is C19H24ClN3O4. The fourth-order valence-electron chi connectivity index (χ4n) is 3.90. The van der Waals surface area contributed by atoms with E-state index in [4.69, 9.17) is 25.5 Å². The Morgan fingerprint density at radius 3 is 2.81 bits per heavy atom. The molecule has 1 aliphatic heterocycles. The number of hydrogen-bond acceptors (Lipinski definition) is 7. The molecule has 2 aliphatic rings. The molecule has 0 bridgehead atoms. The highest BCUT2D eigenvalue weighted by molar-refractivity contribution is 6.34. The summed E-state index contributed by atoms with van der Waals surface area (Å²) >= 11 is 6.47. The van der Waals surface area contributed by atoms with E-state index in [1.807, 2.05) is 0 Å². The molecule has 0 N–H and O–H groups in total. The standard InChI is InChI=1S/C19H24ClN3O4/c1-2-25-19(24)26-12-7-9-23(10-8-12)11-15-21-17(20)16-13-5-3-4-6-14(13)27-18(16)22-15/h12H,2-11H2,1H3. The molecule has 0 unspecified atom stereocenters. The van der Waals surface area contributed by atoms with Crippen LogP contribution in [0.4, 0.5) is 4.79 Å². The number of likely N-dealkylation sites (tertiary alicyclic amines) is 1. The van der Waals surface area contributed by atoms with Crippen LogP contribution in [0.15, 0.2) is 4.42 Å². The molecule has 7 nitrogen and oxygen atoms in total. The van der Waals surface area contributed by atoms with Gasteiger partial charge in [0.1, 0.15) is 22.8 Å². The number of furan rings is 1. The van der Waals surface area contributed by atoms with Gasteiger partial charge in [-0.3, -0.25) is 4.90 Å². The van der Waals surface area contributed by atoms with E-state index in [0.717, 1.165) is 62.8 Å². The molecule has 8 heteroatoms. The highest BCUT2D eigenvalue weighted by Crippen LogP contribution is 2.34. The second-order valence-electron chi connectivity index (χ2n) is 7.10. The summed E-state index contributed by atoms with van der Waals surface area (Å²) in [7, 11) is 0. The number of carbonyl (C=O) groups excluding carboxylic acids is 1. The Labute approximate surface area is 163 Å². The highest BCUT2D eigenvalue weighted by atomic mass is 35.5. The first-order valence-corrected chi connectivity index (χ1v) is 10.0. The van der Waals surface area contributed by atoms with Crippen LogP contribution in [0, 0.1) is 0 Å². The monoisotopic (exact) mass is 393 g/mol. The van der Waals surface area contributed by atoms with Crippen molar-refractivity contribution in [3.05, 3.63) is 22.3 Å². The predicted octanol–water partition coefficient (Wildman–Crippen LogP) is 3.89. The number of carbonyl (C=O) groups is 1. The molecule has 0 radical (unpaired) electrons. The molecule has 1 fully saturated rings. The van der Waals surface area contributed by atoms with Crippen molar-refractivity contribution in [2.24, 2.45) is 0 Å². The average Bonchev–Trinajstić information content (AvgIpc) is 3.02. The smallest absolute Gasteiger partial charge is 0.442 e. The summed E-state index contributed by atoms with van der Waals surface area (Å²) < 4.78 is 16.1. The minimum atomic E-state index is -0.585. The maximum atomic E-state index is 11.4. The number of nitrogens with zero attached hydrogens (tertiary/aromatic N) is 3. The maximum absolute atomic E-state index is 11.4. The lowest BCUT2D eigenvalue weighted by Crippen LogP contribution is -2.37. The van der Waals surface area contributed by atoms with Gasteiger partial charge in [-0.05, 0) is 39.0 Å². The van der Waals surface area contributed by atoms with Gasteiger partial charge in [-0.15, -0.1) is 0 Å². The first-order valence-electron chi connectivity index (χ1n) is 9.66. The van der Waals surface area contributed by atoms with Crippen LogP contribution in [0.1, 0.15) is 49.8 Å².